The highest BCUT2D eigenvalue weighted by molar-refractivity contribution is 9.10. The van der Waals surface area contributed by atoms with E-state index in [4.69, 9.17) is 9.47 Å². The van der Waals surface area contributed by atoms with Crippen molar-refractivity contribution in [2.45, 2.75) is 13.8 Å². The SMILES string of the molecule is CCOCCN(CCOCC)c1cc(Br)ccc1C=O. The van der Waals surface area contributed by atoms with E-state index >= 15 is 0 Å². The van der Waals surface area contributed by atoms with Gasteiger partial charge < -0.3 is 14.4 Å². The maximum atomic E-state index is 11.2. The summed E-state index contributed by atoms with van der Waals surface area (Å²) in [6.45, 7) is 8.06. The van der Waals surface area contributed by atoms with Gasteiger partial charge in [0, 0.05) is 42.0 Å². The molecule has 0 saturated heterocycles. The molecule has 0 bridgehead atoms. The van der Waals surface area contributed by atoms with Crippen molar-refractivity contribution in [1.29, 1.82) is 0 Å². The van der Waals surface area contributed by atoms with Crippen molar-refractivity contribution in [2.24, 2.45) is 0 Å². The minimum absolute atomic E-state index is 0.632. The number of hydrogen-bond acceptors (Lipinski definition) is 4. The first kappa shape index (κ1) is 17.1. The summed E-state index contributed by atoms with van der Waals surface area (Å²) in [5.74, 6) is 0. The largest absolute Gasteiger partial charge is 0.380 e. The standard InChI is InChI=1S/C15H22BrNO3/c1-3-19-9-7-17(8-10-20-4-2)15-11-14(16)6-5-13(15)12-18/h5-6,11-12H,3-4,7-10H2,1-2H3. The van der Waals surface area contributed by atoms with Crippen LogP contribution in [0.15, 0.2) is 22.7 Å². The molecule has 0 saturated carbocycles. The summed E-state index contributed by atoms with van der Waals surface area (Å²) in [5.41, 5.74) is 1.59. The van der Waals surface area contributed by atoms with Crippen molar-refractivity contribution in [3.05, 3.63) is 28.2 Å². The third-order valence-corrected chi connectivity index (χ3v) is 3.37. The summed E-state index contributed by atoms with van der Waals surface area (Å²) < 4.78 is 11.8. The monoisotopic (exact) mass is 343 g/mol. The number of ether oxygens (including phenoxy) is 2. The summed E-state index contributed by atoms with van der Waals surface area (Å²) >= 11 is 3.45. The molecule has 5 heteroatoms. The first-order valence-corrected chi connectivity index (χ1v) is 7.67. The molecular weight excluding hydrogens is 322 g/mol. The number of carbonyl (C=O) groups excluding carboxylic acids is 1. The van der Waals surface area contributed by atoms with Gasteiger partial charge in [0.1, 0.15) is 0 Å². The minimum atomic E-state index is 0.632. The first-order chi connectivity index (χ1) is 9.72. The summed E-state index contributed by atoms with van der Waals surface area (Å²) in [7, 11) is 0. The Hall–Kier alpha value is -0.910. The van der Waals surface area contributed by atoms with Crippen molar-refractivity contribution in [2.75, 3.05) is 44.4 Å². The molecule has 0 amide bonds. The average molecular weight is 344 g/mol. The Morgan fingerprint density at radius 3 is 2.25 bits per heavy atom. The lowest BCUT2D eigenvalue weighted by molar-refractivity contribution is 0.112. The Labute approximate surface area is 129 Å². The minimum Gasteiger partial charge on any atom is -0.380 e. The third kappa shape index (κ3) is 5.61. The van der Waals surface area contributed by atoms with E-state index < -0.39 is 0 Å². The average Bonchev–Trinajstić information content (AvgIpc) is 2.46. The molecule has 1 aromatic carbocycles. The van der Waals surface area contributed by atoms with E-state index in [1.807, 2.05) is 32.0 Å². The molecule has 20 heavy (non-hydrogen) atoms. The third-order valence-electron chi connectivity index (χ3n) is 2.88. The van der Waals surface area contributed by atoms with Crippen molar-refractivity contribution in [3.63, 3.8) is 0 Å². The van der Waals surface area contributed by atoms with Crippen LogP contribution in [0.3, 0.4) is 0 Å². The van der Waals surface area contributed by atoms with Gasteiger partial charge in [0.05, 0.1) is 13.2 Å². The molecule has 112 valence electrons. The molecule has 0 aliphatic carbocycles. The molecule has 1 aromatic rings. The van der Waals surface area contributed by atoms with Gasteiger partial charge in [0.2, 0.25) is 0 Å². The second kappa shape index (κ2) is 9.91. The van der Waals surface area contributed by atoms with E-state index in [1.54, 1.807) is 0 Å². The first-order valence-electron chi connectivity index (χ1n) is 6.88. The van der Waals surface area contributed by atoms with Crippen LogP contribution in [-0.4, -0.2) is 45.8 Å². The van der Waals surface area contributed by atoms with E-state index in [0.29, 0.717) is 32.0 Å². The molecule has 4 nitrogen and oxygen atoms in total. The van der Waals surface area contributed by atoms with Crippen molar-refractivity contribution in [3.8, 4) is 0 Å². The zero-order chi connectivity index (χ0) is 14.8. The van der Waals surface area contributed by atoms with E-state index in [1.165, 1.54) is 0 Å². The summed E-state index contributed by atoms with van der Waals surface area (Å²) in [5, 5.41) is 0. The maximum absolute atomic E-state index is 11.2. The summed E-state index contributed by atoms with van der Waals surface area (Å²) in [4.78, 5) is 13.3. The van der Waals surface area contributed by atoms with E-state index in [-0.39, 0.29) is 0 Å². The van der Waals surface area contributed by atoms with Gasteiger partial charge in [-0.1, -0.05) is 15.9 Å². The number of rotatable bonds is 10. The molecule has 0 aliphatic rings. The number of halogens is 1. The summed E-state index contributed by atoms with van der Waals surface area (Å²) in [6, 6.07) is 5.65. The molecule has 0 aliphatic heterocycles. The molecule has 0 unspecified atom stereocenters. The quantitative estimate of drug-likeness (QED) is 0.483. The summed E-state index contributed by atoms with van der Waals surface area (Å²) in [6.07, 6.45) is 0.885. The van der Waals surface area contributed by atoms with Crippen LogP contribution in [0.4, 0.5) is 5.69 Å². The predicted molar refractivity (Wildman–Crippen MR) is 84.7 cm³/mol. The molecular formula is C15H22BrNO3. The van der Waals surface area contributed by atoms with Gasteiger partial charge in [-0.2, -0.15) is 0 Å². The van der Waals surface area contributed by atoms with E-state index in [2.05, 4.69) is 20.8 Å². The van der Waals surface area contributed by atoms with Crippen molar-refractivity contribution < 1.29 is 14.3 Å². The molecule has 1 rings (SSSR count). The fourth-order valence-electron chi connectivity index (χ4n) is 1.88. The highest BCUT2D eigenvalue weighted by atomic mass is 79.9. The molecule has 0 aromatic heterocycles. The second-order valence-corrected chi connectivity index (χ2v) is 5.12. The zero-order valence-electron chi connectivity index (χ0n) is 12.1. The van der Waals surface area contributed by atoms with Gasteiger partial charge in [0.15, 0.2) is 6.29 Å². The zero-order valence-corrected chi connectivity index (χ0v) is 13.7. The molecule has 0 fully saturated rings. The molecule has 0 radical (unpaired) electrons. The molecule has 0 atom stereocenters. The van der Waals surface area contributed by atoms with Crippen LogP contribution >= 0.6 is 15.9 Å². The Morgan fingerprint density at radius 1 is 1.15 bits per heavy atom. The van der Waals surface area contributed by atoms with Gasteiger partial charge in [-0.05, 0) is 32.0 Å². The van der Waals surface area contributed by atoms with Gasteiger partial charge in [-0.3, -0.25) is 4.79 Å². The van der Waals surface area contributed by atoms with Gasteiger partial charge >= 0.3 is 0 Å². The van der Waals surface area contributed by atoms with Crippen LogP contribution in [0, 0.1) is 0 Å². The van der Waals surface area contributed by atoms with Crippen LogP contribution in [0.25, 0.3) is 0 Å². The van der Waals surface area contributed by atoms with Gasteiger partial charge in [-0.15, -0.1) is 0 Å². The van der Waals surface area contributed by atoms with Gasteiger partial charge in [0.25, 0.3) is 0 Å². The maximum Gasteiger partial charge on any atom is 0.152 e. The molecule has 0 heterocycles. The Balaban J connectivity index is 2.83. The van der Waals surface area contributed by atoms with Crippen LogP contribution in [0.2, 0.25) is 0 Å². The normalized spacial score (nSPS) is 10.6. The lowest BCUT2D eigenvalue weighted by Crippen LogP contribution is -2.32. The highest BCUT2D eigenvalue weighted by Crippen LogP contribution is 2.24. The predicted octanol–water partition coefficient (Wildman–Crippen LogP) is 3.14. The van der Waals surface area contributed by atoms with Crippen LogP contribution in [0.5, 0.6) is 0 Å². The van der Waals surface area contributed by atoms with Crippen molar-refractivity contribution in [1.82, 2.24) is 0 Å². The number of carbonyl (C=O) groups is 1. The van der Waals surface area contributed by atoms with E-state index in [9.17, 15) is 4.79 Å². The fraction of sp³-hybridized carbons (Fsp3) is 0.533. The van der Waals surface area contributed by atoms with Crippen LogP contribution in [-0.2, 0) is 9.47 Å². The topological polar surface area (TPSA) is 38.8 Å². The van der Waals surface area contributed by atoms with Gasteiger partial charge in [-0.25, -0.2) is 0 Å². The number of aldehydes is 1. The highest BCUT2D eigenvalue weighted by Gasteiger charge is 2.11. The number of benzene rings is 1. The lowest BCUT2D eigenvalue weighted by Gasteiger charge is -2.26. The number of hydrogen-bond donors (Lipinski definition) is 0. The Bertz CT molecular complexity index is 402. The smallest absolute Gasteiger partial charge is 0.152 e. The van der Waals surface area contributed by atoms with Crippen LogP contribution < -0.4 is 4.90 Å². The van der Waals surface area contributed by atoms with E-state index in [0.717, 1.165) is 29.5 Å². The fourth-order valence-corrected chi connectivity index (χ4v) is 2.23. The Morgan fingerprint density at radius 2 is 1.75 bits per heavy atom. The molecule has 0 N–H and O–H groups in total. The Kier molecular flexibility index (Phi) is 8.49. The lowest BCUT2D eigenvalue weighted by atomic mass is 10.1. The van der Waals surface area contributed by atoms with Crippen molar-refractivity contribution >= 4 is 27.9 Å². The number of nitrogens with zero attached hydrogens (tertiary/aromatic N) is 1. The second-order valence-electron chi connectivity index (χ2n) is 4.20. The molecule has 0 spiro atoms. The number of anilines is 1. The van der Waals surface area contributed by atoms with Crippen LogP contribution in [0.1, 0.15) is 24.2 Å².